The average molecular weight is 360 g/mol. The summed E-state index contributed by atoms with van der Waals surface area (Å²) in [4.78, 5) is 9.14. The normalized spacial score (nSPS) is 11.2. The Bertz CT molecular complexity index is 1330. The van der Waals surface area contributed by atoms with Gasteiger partial charge in [-0.25, -0.2) is 0 Å². The van der Waals surface area contributed by atoms with Crippen LogP contribution in [0.15, 0.2) is 85.1 Å². The van der Waals surface area contributed by atoms with Gasteiger partial charge in [-0.15, -0.1) is 0 Å². The van der Waals surface area contributed by atoms with Crippen LogP contribution in [0.5, 0.6) is 0 Å². The maximum absolute atomic E-state index is 4.59. The third kappa shape index (κ3) is 2.84. The first-order valence-corrected chi connectivity index (χ1v) is 9.52. The Morgan fingerprint density at radius 1 is 0.643 bits per heavy atom. The first-order valence-electron chi connectivity index (χ1n) is 9.52. The Hall–Kier alpha value is -3.52. The number of hydrogen-bond donors (Lipinski definition) is 0. The lowest BCUT2D eigenvalue weighted by molar-refractivity contribution is 1.06. The van der Waals surface area contributed by atoms with Gasteiger partial charge < -0.3 is 0 Å². The molecule has 0 saturated heterocycles. The quantitative estimate of drug-likeness (QED) is 0.349. The molecule has 0 aliphatic carbocycles. The second-order valence-electron chi connectivity index (χ2n) is 7.25. The second kappa shape index (κ2) is 6.58. The van der Waals surface area contributed by atoms with Crippen LogP contribution in [0.25, 0.3) is 43.9 Å². The third-order valence-corrected chi connectivity index (χ3v) is 5.28. The molecule has 0 N–H and O–H groups in total. The Kier molecular flexibility index (Phi) is 3.91. The van der Waals surface area contributed by atoms with E-state index in [4.69, 9.17) is 0 Å². The molecule has 0 amide bonds. The maximum atomic E-state index is 4.59. The highest BCUT2D eigenvalue weighted by molar-refractivity contribution is 5.99. The van der Waals surface area contributed by atoms with Gasteiger partial charge in [0.2, 0.25) is 0 Å². The van der Waals surface area contributed by atoms with Gasteiger partial charge in [0.05, 0.1) is 17.1 Å². The van der Waals surface area contributed by atoms with E-state index in [0.29, 0.717) is 0 Å². The van der Waals surface area contributed by atoms with Crippen LogP contribution in [0.2, 0.25) is 0 Å². The van der Waals surface area contributed by atoms with E-state index in [1.54, 1.807) is 0 Å². The van der Waals surface area contributed by atoms with E-state index in [1.165, 1.54) is 32.7 Å². The van der Waals surface area contributed by atoms with Crippen molar-refractivity contribution in [1.29, 1.82) is 0 Å². The summed E-state index contributed by atoms with van der Waals surface area (Å²) >= 11 is 0. The smallest absolute Gasteiger partial charge is 0.0914 e. The van der Waals surface area contributed by atoms with E-state index in [1.807, 2.05) is 20.0 Å². The molecular weight excluding hydrogens is 340 g/mol. The second-order valence-corrected chi connectivity index (χ2v) is 7.25. The first-order chi connectivity index (χ1) is 13.7. The van der Waals surface area contributed by atoms with Crippen molar-refractivity contribution in [2.75, 3.05) is 0 Å². The Morgan fingerprint density at radius 3 is 2.18 bits per heavy atom. The van der Waals surface area contributed by atoms with Crippen molar-refractivity contribution in [2.45, 2.75) is 13.8 Å². The highest BCUT2D eigenvalue weighted by Crippen LogP contribution is 2.32. The molecule has 5 rings (SSSR count). The van der Waals surface area contributed by atoms with Crippen molar-refractivity contribution in [3.8, 4) is 22.4 Å². The number of rotatable bonds is 2. The van der Waals surface area contributed by atoms with Gasteiger partial charge in [-0.3, -0.25) is 9.97 Å². The van der Waals surface area contributed by atoms with Gasteiger partial charge in [0, 0.05) is 11.8 Å². The molecule has 0 radical (unpaired) electrons. The van der Waals surface area contributed by atoms with Crippen molar-refractivity contribution in [2.24, 2.45) is 0 Å². The Balaban J connectivity index is 1.63. The fraction of sp³-hybridized carbons (Fsp3) is 0.0769. The maximum Gasteiger partial charge on any atom is 0.0914 e. The predicted molar refractivity (Wildman–Crippen MR) is 117 cm³/mol. The zero-order chi connectivity index (χ0) is 19.1. The molecule has 134 valence electrons. The number of hydrogen-bond acceptors (Lipinski definition) is 2. The summed E-state index contributed by atoms with van der Waals surface area (Å²) in [6, 6.07) is 28.2. The average Bonchev–Trinajstić information content (AvgIpc) is 2.73. The van der Waals surface area contributed by atoms with Crippen molar-refractivity contribution in [1.82, 2.24) is 9.97 Å². The van der Waals surface area contributed by atoms with Gasteiger partial charge in [0.15, 0.2) is 0 Å². The number of aryl methyl sites for hydroxylation is 2. The molecule has 2 nitrogen and oxygen atoms in total. The topological polar surface area (TPSA) is 25.8 Å². The molecule has 0 spiro atoms. The van der Waals surface area contributed by atoms with Gasteiger partial charge in [-0.2, -0.15) is 0 Å². The van der Waals surface area contributed by atoms with Crippen LogP contribution in [-0.4, -0.2) is 9.97 Å². The molecule has 0 unspecified atom stereocenters. The van der Waals surface area contributed by atoms with Crippen LogP contribution >= 0.6 is 0 Å². The lowest BCUT2D eigenvalue weighted by atomic mass is 9.95. The Labute approximate surface area is 164 Å². The highest BCUT2D eigenvalue weighted by atomic mass is 14.8. The summed E-state index contributed by atoms with van der Waals surface area (Å²) in [6.45, 7) is 3.99. The SMILES string of the molecule is Cc1cnc(-c2ccc3cc(-c4cccc5ccccc45)ccc3c2)c(C)n1. The van der Waals surface area contributed by atoms with E-state index in [-0.39, 0.29) is 0 Å². The zero-order valence-corrected chi connectivity index (χ0v) is 16.0. The summed E-state index contributed by atoms with van der Waals surface area (Å²) in [7, 11) is 0. The van der Waals surface area contributed by atoms with Crippen molar-refractivity contribution < 1.29 is 0 Å². The molecule has 2 heteroatoms. The van der Waals surface area contributed by atoms with Gasteiger partial charge in [-0.05, 0) is 58.7 Å². The van der Waals surface area contributed by atoms with Crippen LogP contribution in [0.3, 0.4) is 0 Å². The van der Waals surface area contributed by atoms with E-state index in [0.717, 1.165) is 22.6 Å². The monoisotopic (exact) mass is 360 g/mol. The van der Waals surface area contributed by atoms with Gasteiger partial charge in [0.25, 0.3) is 0 Å². The third-order valence-electron chi connectivity index (χ3n) is 5.28. The van der Waals surface area contributed by atoms with Gasteiger partial charge in [0.1, 0.15) is 0 Å². The molecule has 0 saturated carbocycles. The fourth-order valence-corrected chi connectivity index (χ4v) is 3.92. The van der Waals surface area contributed by atoms with Crippen molar-refractivity contribution in [3.05, 3.63) is 96.4 Å². The molecular formula is C26H20N2. The summed E-state index contributed by atoms with van der Waals surface area (Å²) in [6.07, 6.45) is 1.83. The number of benzene rings is 4. The molecule has 5 aromatic rings. The van der Waals surface area contributed by atoms with E-state index >= 15 is 0 Å². The summed E-state index contributed by atoms with van der Waals surface area (Å²) in [5.74, 6) is 0. The summed E-state index contributed by atoms with van der Waals surface area (Å²) in [5, 5.41) is 4.99. The number of nitrogens with zero attached hydrogens (tertiary/aromatic N) is 2. The minimum atomic E-state index is 0.946. The van der Waals surface area contributed by atoms with Gasteiger partial charge >= 0.3 is 0 Å². The van der Waals surface area contributed by atoms with Crippen molar-refractivity contribution in [3.63, 3.8) is 0 Å². The van der Waals surface area contributed by atoms with Crippen LogP contribution < -0.4 is 0 Å². The van der Waals surface area contributed by atoms with Crippen LogP contribution in [-0.2, 0) is 0 Å². The Morgan fingerprint density at radius 2 is 1.36 bits per heavy atom. The number of fused-ring (bicyclic) bond motifs is 2. The fourth-order valence-electron chi connectivity index (χ4n) is 3.92. The molecule has 0 bridgehead atoms. The lowest BCUT2D eigenvalue weighted by Crippen LogP contribution is -1.94. The molecule has 0 atom stereocenters. The van der Waals surface area contributed by atoms with Gasteiger partial charge in [-0.1, -0.05) is 66.7 Å². The van der Waals surface area contributed by atoms with Crippen LogP contribution in [0.4, 0.5) is 0 Å². The predicted octanol–water partition coefficient (Wildman–Crippen LogP) is 6.73. The minimum Gasteiger partial charge on any atom is -0.255 e. The van der Waals surface area contributed by atoms with Crippen LogP contribution in [0.1, 0.15) is 11.4 Å². The minimum absolute atomic E-state index is 0.946. The standard InChI is InChI=1S/C26H20N2/c1-17-16-27-26(18(2)28-17)23-13-11-20-14-22(12-10-21(20)15-23)25-9-5-7-19-6-3-4-8-24(19)25/h3-16H,1-2H3. The molecule has 28 heavy (non-hydrogen) atoms. The molecule has 4 aromatic carbocycles. The molecule has 0 aliphatic heterocycles. The first kappa shape index (κ1) is 16.6. The zero-order valence-electron chi connectivity index (χ0n) is 16.0. The lowest BCUT2D eigenvalue weighted by Gasteiger charge is -2.10. The van der Waals surface area contributed by atoms with Crippen molar-refractivity contribution >= 4 is 21.5 Å². The number of aromatic nitrogens is 2. The summed E-state index contributed by atoms with van der Waals surface area (Å²) < 4.78 is 0. The van der Waals surface area contributed by atoms with E-state index in [9.17, 15) is 0 Å². The van der Waals surface area contributed by atoms with E-state index in [2.05, 4.69) is 88.8 Å². The van der Waals surface area contributed by atoms with Crippen LogP contribution in [0, 0.1) is 13.8 Å². The summed E-state index contributed by atoms with van der Waals surface area (Å²) in [5.41, 5.74) is 6.47. The largest absolute Gasteiger partial charge is 0.255 e. The molecule has 0 fully saturated rings. The highest BCUT2D eigenvalue weighted by Gasteiger charge is 2.08. The van der Waals surface area contributed by atoms with E-state index < -0.39 is 0 Å². The molecule has 1 heterocycles. The molecule has 0 aliphatic rings. The molecule has 1 aromatic heterocycles.